The number of phenolic OH excluding ortho intramolecular Hbond substituents is 1. The molecule has 5 heteroatoms. The van der Waals surface area contributed by atoms with Crippen molar-refractivity contribution in [2.24, 2.45) is 5.92 Å². The quantitative estimate of drug-likeness (QED) is 0.812. The summed E-state index contributed by atoms with van der Waals surface area (Å²) in [5.41, 5.74) is 0. The Labute approximate surface area is 89.0 Å². The lowest BCUT2D eigenvalue weighted by atomic mass is 10.3. The van der Waals surface area contributed by atoms with Crippen molar-refractivity contribution in [2.75, 3.05) is 0 Å². The lowest BCUT2D eigenvalue weighted by Crippen LogP contribution is -2.26. The topological polar surface area (TPSA) is 66.4 Å². The highest BCUT2D eigenvalue weighted by atomic mass is 32.2. The van der Waals surface area contributed by atoms with Crippen LogP contribution in [0.3, 0.4) is 0 Å². The normalized spacial score (nSPS) is 25.1. The Balaban J connectivity index is 2.21. The van der Waals surface area contributed by atoms with Crippen LogP contribution in [0.25, 0.3) is 0 Å². The van der Waals surface area contributed by atoms with Gasteiger partial charge in [0.15, 0.2) is 0 Å². The maximum atomic E-state index is 11.8. The average molecular weight is 227 g/mol. The van der Waals surface area contributed by atoms with Gasteiger partial charge in [-0.25, -0.2) is 13.1 Å². The van der Waals surface area contributed by atoms with Gasteiger partial charge in [0.05, 0.1) is 4.90 Å². The standard InChI is InChI=1S/C10H13NO3S/c1-7-5-10(7)11-15(13,14)9-4-2-3-8(12)6-9/h2-4,6-7,10-12H,5H2,1H3. The van der Waals surface area contributed by atoms with Crippen LogP contribution in [-0.4, -0.2) is 19.6 Å². The molecule has 1 saturated carbocycles. The van der Waals surface area contributed by atoms with Gasteiger partial charge < -0.3 is 5.11 Å². The number of hydrogen-bond acceptors (Lipinski definition) is 3. The van der Waals surface area contributed by atoms with Crippen molar-refractivity contribution in [3.8, 4) is 5.75 Å². The second-order valence-corrected chi connectivity index (χ2v) is 5.65. The van der Waals surface area contributed by atoms with E-state index in [-0.39, 0.29) is 16.7 Å². The molecule has 1 aromatic carbocycles. The van der Waals surface area contributed by atoms with Crippen LogP contribution in [-0.2, 0) is 10.0 Å². The summed E-state index contributed by atoms with van der Waals surface area (Å²) in [6.45, 7) is 2.00. The number of sulfonamides is 1. The summed E-state index contributed by atoms with van der Waals surface area (Å²) in [4.78, 5) is 0.113. The van der Waals surface area contributed by atoms with Crippen molar-refractivity contribution < 1.29 is 13.5 Å². The van der Waals surface area contributed by atoms with E-state index < -0.39 is 10.0 Å². The number of aromatic hydroxyl groups is 1. The van der Waals surface area contributed by atoms with Crippen LogP contribution in [0.5, 0.6) is 5.75 Å². The number of nitrogens with one attached hydrogen (secondary N) is 1. The van der Waals surface area contributed by atoms with Crippen LogP contribution >= 0.6 is 0 Å². The van der Waals surface area contributed by atoms with Crippen LogP contribution < -0.4 is 4.72 Å². The van der Waals surface area contributed by atoms with E-state index in [1.165, 1.54) is 24.3 Å². The molecule has 1 aliphatic rings. The summed E-state index contributed by atoms with van der Waals surface area (Å²) in [6.07, 6.45) is 0.887. The Hall–Kier alpha value is -1.07. The SMILES string of the molecule is CC1CC1NS(=O)(=O)c1cccc(O)c1. The Morgan fingerprint density at radius 3 is 2.67 bits per heavy atom. The van der Waals surface area contributed by atoms with Crippen molar-refractivity contribution in [1.82, 2.24) is 4.72 Å². The molecule has 4 nitrogen and oxygen atoms in total. The second-order valence-electron chi connectivity index (χ2n) is 3.94. The molecule has 1 aliphatic carbocycles. The maximum absolute atomic E-state index is 11.8. The van der Waals surface area contributed by atoms with Gasteiger partial charge in [-0.2, -0.15) is 0 Å². The molecule has 2 rings (SSSR count). The fourth-order valence-electron chi connectivity index (χ4n) is 1.40. The lowest BCUT2D eigenvalue weighted by Gasteiger charge is -2.05. The number of rotatable bonds is 3. The summed E-state index contributed by atoms with van der Waals surface area (Å²) in [5, 5.41) is 9.19. The zero-order valence-corrected chi connectivity index (χ0v) is 9.16. The van der Waals surface area contributed by atoms with E-state index in [4.69, 9.17) is 0 Å². The van der Waals surface area contributed by atoms with E-state index in [0.29, 0.717) is 5.92 Å². The van der Waals surface area contributed by atoms with Crippen LogP contribution in [0.4, 0.5) is 0 Å². The third-order valence-corrected chi connectivity index (χ3v) is 4.03. The predicted octanol–water partition coefficient (Wildman–Crippen LogP) is 1.08. The molecule has 0 heterocycles. The molecule has 0 amide bonds. The van der Waals surface area contributed by atoms with Gasteiger partial charge in [-0.05, 0) is 30.5 Å². The maximum Gasteiger partial charge on any atom is 0.240 e. The first-order valence-corrected chi connectivity index (χ1v) is 6.29. The van der Waals surface area contributed by atoms with Crippen molar-refractivity contribution in [3.63, 3.8) is 0 Å². The summed E-state index contributed by atoms with van der Waals surface area (Å²) in [5.74, 6) is 0.374. The predicted molar refractivity (Wildman–Crippen MR) is 56.0 cm³/mol. The molecule has 1 aromatic rings. The fraction of sp³-hybridized carbons (Fsp3) is 0.400. The van der Waals surface area contributed by atoms with Gasteiger partial charge in [0, 0.05) is 6.04 Å². The van der Waals surface area contributed by atoms with Gasteiger partial charge in [-0.3, -0.25) is 0 Å². The molecule has 2 unspecified atom stereocenters. The van der Waals surface area contributed by atoms with Crippen molar-refractivity contribution >= 4 is 10.0 Å². The minimum atomic E-state index is -3.46. The molecule has 2 atom stereocenters. The highest BCUT2D eigenvalue weighted by molar-refractivity contribution is 7.89. The highest BCUT2D eigenvalue weighted by Gasteiger charge is 2.36. The van der Waals surface area contributed by atoms with Gasteiger partial charge in [0.1, 0.15) is 5.75 Å². The smallest absolute Gasteiger partial charge is 0.240 e. The molecular weight excluding hydrogens is 214 g/mol. The second kappa shape index (κ2) is 3.50. The molecule has 0 bridgehead atoms. The fourth-order valence-corrected chi connectivity index (χ4v) is 2.80. The molecular formula is C10H13NO3S. The average Bonchev–Trinajstić information content (AvgIpc) is 2.80. The Morgan fingerprint density at radius 2 is 2.13 bits per heavy atom. The number of phenols is 1. The molecule has 15 heavy (non-hydrogen) atoms. The zero-order chi connectivity index (χ0) is 11.1. The first-order chi connectivity index (χ1) is 6.99. The van der Waals surface area contributed by atoms with Crippen LogP contribution in [0.1, 0.15) is 13.3 Å². The Morgan fingerprint density at radius 1 is 1.47 bits per heavy atom. The van der Waals surface area contributed by atoms with Crippen LogP contribution in [0.15, 0.2) is 29.2 Å². The van der Waals surface area contributed by atoms with E-state index in [1.54, 1.807) is 0 Å². The largest absolute Gasteiger partial charge is 0.508 e. The van der Waals surface area contributed by atoms with E-state index in [2.05, 4.69) is 4.72 Å². The molecule has 0 spiro atoms. The van der Waals surface area contributed by atoms with Gasteiger partial charge in [0.25, 0.3) is 0 Å². The van der Waals surface area contributed by atoms with Crippen molar-refractivity contribution in [3.05, 3.63) is 24.3 Å². The molecule has 0 aromatic heterocycles. The monoisotopic (exact) mass is 227 g/mol. The zero-order valence-electron chi connectivity index (χ0n) is 8.34. The van der Waals surface area contributed by atoms with Crippen LogP contribution in [0.2, 0.25) is 0 Å². The summed E-state index contributed by atoms with van der Waals surface area (Å²) < 4.78 is 26.1. The molecule has 0 radical (unpaired) electrons. The molecule has 2 N–H and O–H groups in total. The van der Waals surface area contributed by atoms with Crippen molar-refractivity contribution in [2.45, 2.75) is 24.3 Å². The molecule has 1 fully saturated rings. The molecule has 82 valence electrons. The van der Waals surface area contributed by atoms with E-state index >= 15 is 0 Å². The van der Waals surface area contributed by atoms with Crippen molar-refractivity contribution in [1.29, 1.82) is 0 Å². The Bertz CT molecular complexity index is 469. The van der Waals surface area contributed by atoms with Gasteiger partial charge in [-0.1, -0.05) is 13.0 Å². The summed E-state index contributed by atoms with van der Waals surface area (Å²) in [7, 11) is -3.46. The minimum Gasteiger partial charge on any atom is -0.508 e. The van der Waals surface area contributed by atoms with E-state index in [1.807, 2.05) is 6.92 Å². The number of hydrogen-bond donors (Lipinski definition) is 2. The Kier molecular flexibility index (Phi) is 2.44. The highest BCUT2D eigenvalue weighted by Crippen LogP contribution is 2.30. The van der Waals surface area contributed by atoms with Crippen LogP contribution in [0, 0.1) is 5.92 Å². The third kappa shape index (κ3) is 2.30. The van der Waals surface area contributed by atoms with E-state index in [9.17, 15) is 13.5 Å². The van der Waals surface area contributed by atoms with E-state index in [0.717, 1.165) is 6.42 Å². The summed E-state index contributed by atoms with van der Waals surface area (Å²) >= 11 is 0. The molecule has 0 saturated heterocycles. The molecule has 0 aliphatic heterocycles. The lowest BCUT2D eigenvalue weighted by molar-refractivity contribution is 0.473. The first-order valence-electron chi connectivity index (χ1n) is 4.80. The van der Waals surface area contributed by atoms with Gasteiger partial charge in [-0.15, -0.1) is 0 Å². The van der Waals surface area contributed by atoms with Gasteiger partial charge in [0.2, 0.25) is 10.0 Å². The van der Waals surface area contributed by atoms with Gasteiger partial charge >= 0.3 is 0 Å². The first kappa shape index (κ1) is 10.4. The third-order valence-electron chi connectivity index (χ3n) is 2.54. The minimum absolute atomic E-state index is 0.0401. The summed E-state index contributed by atoms with van der Waals surface area (Å²) in [6, 6.07) is 5.72. The number of benzene rings is 1.